The van der Waals surface area contributed by atoms with Crippen molar-refractivity contribution < 1.29 is 13.2 Å². The zero-order valence-corrected chi connectivity index (χ0v) is 18.5. The molecule has 1 aliphatic rings. The Kier molecular flexibility index (Phi) is 6.36. The number of H-pyrrole nitrogens is 1. The van der Waals surface area contributed by atoms with Crippen molar-refractivity contribution in [1.82, 2.24) is 14.5 Å². The number of sulfonamides is 1. The summed E-state index contributed by atoms with van der Waals surface area (Å²) in [5, 5.41) is 9.84. The lowest BCUT2D eigenvalue weighted by Crippen LogP contribution is -2.32. The van der Waals surface area contributed by atoms with Gasteiger partial charge < -0.3 is 5.32 Å². The van der Waals surface area contributed by atoms with E-state index in [0.29, 0.717) is 18.9 Å². The molecule has 3 rings (SSSR count). The van der Waals surface area contributed by atoms with Gasteiger partial charge in [0.1, 0.15) is 4.90 Å². The third-order valence-electron chi connectivity index (χ3n) is 5.00. The molecule has 7 nitrogen and oxygen atoms in total. The van der Waals surface area contributed by atoms with Crippen LogP contribution in [0.5, 0.6) is 0 Å². The van der Waals surface area contributed by atoms with E-state index in [4.69, 9.17) is 11.6 Å². The summed E-state index contributed by atoms with van der Waals surface area (Å²) in [6.45, 7) is 7.04. The fraction of sp³-hybridized carbons (Fsp3) is 0.500. The predicted molar refractivity (Wildman–Crippen MR) is 114 cm³/mol. The highest BCUT2D eigenvalue weighted by molar-refractivity contribution is 7.89. The van der Waals surface area contributed by atoms with Crippen molar-refractivity contribution in [3.05, 3.63) is 40.5 Å². The van der Waals surface area contributed by atoms with E-state index in [1.54, 1.807) is 6.07 Å². The van der Waals surface area contributed by atoms with Crippen LogP contribution in [0.1, 0.15) is 62.5 Å². The number of hydrogen-bond donors (Lipinski definition) is 2. The second-order valence-electron chi connectivity index (χ2n) is 8.33. The Bertz CT molecular complexity index is 987. The van der Waals surface area contributed by atoms with Crippen LogP contribution in [-0.2, 0) is 15.4 Å². The molecular formula is C20H27ClN4O3S. The fourth-order valence-electron chi connectivity index (χ4n) is 3.22. The molecule has 1 aromatic heterocycles. The first kappa shape index (κ1) is 21.8. The molecule has 1 saturated heterocycles. The van der Waals surface area contributed by atoms with E-state index in [1.807, 2.05) is 20.8 Å². The van der Waals surface area contributed by atoms with Crippen molar-refractivity contribution in [2.24, 2.45) is 0 Å². The molecule has 9 heteroatoms. The second kappa shape index (κ2) is 8.45. The third kappa shape index (κ3) is 4.99. The number of nitrogens with zero attached hydrogens (tertiary/aromatic N) is 2. The maximum Gasteiger partial charge on any atom is 0.256 e. The normalized spacial score (nSPS) is 16.4. The second-order valence-corrected chi connectivity index (χ2v) is 10.6. The predicted octanol–water partition coefficient (Wildman–Crippen LogP) is 4.18. The number of benzene rings is 1. The maximum atomic E-state index is 13.1. The molecule has 0 bridgehead atoms. The molecule has 2 aromatic rings. The van der Waals surface area contributed by atoms with Crippen molar-refractivity contribution in [3.8, 4) is 0 Å². The van der Waals surface area contributed by atoms with Crippen LogP contribution in [0.3, 0.4) is 0 Å². The lowest BCUT2D eigenvalue weighted by atomic mass is 9.92. The van der Waals surface area contributed by atoms with Gasteiger partial charge in [0.15, 0.2) is 5.82 Å². The number of amides is 1. The van der Waals surface area contributed by atoms with Gasteiger partial charge >= 0.3 is 0 Å². The van der Waals surface area contributed by atoms with Gasteiger partial charge in [-0.3, -0.25) is 9.89 Å². The maximum absolute atomic E-state index is 13.1. The van der Waals surface area contributed by atoms with Crippen LogP contribution in [0.25, 0.3) is 0 Å². The summed E-state index contributed by atoms with van der Waals surface area (Å²) in [6, 6.07) is 6.07. The van der Waals surface area contributed by atoms with E-state index in [1.165, 1.54) is 22.5 Å². The van der Waals surface area contributed by atoms with Gasteiger partial charge in [-0.15, -0.1) is 0 Å². The Hall–Kier alpha value is -1.90. The van der Waals surface area contributed by atoms with E-state index in [-0.39, 0.29) is 20.9 Å². The molecule has 1 aliphatic heterocycles. The first-order valence-electron chi connectivity index (χ1n) is 9.76. The number of carbonyl (C=O) groups excluding carboxylic acids is 1. The van der Waals surface area contributed by atoms with Gasteiger partial charge in [0.25, 0.3) is 5.91 Å². The number of aromatic nitrogens is 2. The SMILES string of the molecule is CC(C)(C)c1cc(NC(=O)c2ccc(Cl)c(S(=O)(=O)N3CCCCCC3)c2)n[nH]1. The smallest absolute Gasteiger partial charge is 0.256 e. The van der Waals surface area contributed by atoms with Crippen molar-refractivity contribution in [3.63, 3.8) is 0 Å². The number of halogens is 1. The average Bonchev–Trinajstić information content (AvgIpc) is 2.95. The summed E-state index contributed by atoms with van der Waals surface area (Å²) in [5.74, 6) is -0.0623. The Morgan fingerprint density at radius 3 is 2.38 bits per heavy atom. The zero-order chi connectivity index (χ0) is 21.2. The molecule has 1 amide bonds. The van der Waals surface area contributed by atoms with Gasteiger partial charge in [-0.25, -0.2) is 8.42 Å². The summed E-state index contributed by atoms with van der Waals surface area (Å²) in [7, 11) is -3.76. The Morgan fingerprint density at radius 2 is 1.79 bits per heavy atom. The lowest BCUT2D eigenvalue weighted by molar-refractivity contribution is 0.102. The molecule has 2 N–H and O–H groups in total. The fourth-order valence-corrected chi connectivity index (χ4v) is 5.24. The van der Waals surface area contributed by atoms with Crippen molar-refractivity contribution in [1.29, 1.82) is 0 Å². The van der Waals surface area contributed by atoms with Crippen molar-refractivity contribution in [2.45, 2.75) is 56.8 Å². The van der Waals surface area contributed by atoms with Gasteiger partial charge in [-0.05, 0) is 31.0 Å². The summed E-state index contributed by atoms with van der Waals surface area (Å²) < 4.78 is 27.7. The molecule has 158 valence electrons. The minimum absolute atomic E-state index is 0.0360. The number of rotatable bonds is 4. The first-order valence-corrected chi connectivity index (χ1v) is 11.6. The number of hydrogen-bond acceptors (Lipinski definition) is 4. The quantitative estimate of drug-likeness (QED) is 0.748. The van der Waals surface area contributed by atoms with Crippen LogP contribution in [0.15, 0.2) is 29.2 Å². The minimum Gasteiger partial charge on any atom is -0.305 e. The molecule has 0 unspecified atom stereocenters. The molecule has 0 saturated carbocycles. The molecule has 0 radical (unpaired) electrons. The molecule has 1 fully saturated rings. The summed E-state index contributed by atoms with van der Waals surface area (Å²) >= 11 is 6.20. The van der Waals surface area contributed by atoms with Gasteiger partial charge in [0.2, 0.25) is 10.0 Å². The first-order chi connectivity index (χ1) is 13.6. The van der Waals surface area contributed by atoms with Gasteiger partial charge in [0.05, 0.1) is 5.02 Å². The molecule has 0 spiro atoms. The monoisotopic (exact) mass is 438 g/mol. The molecule has 1 aromatic carbocycles. The van der Waals surface area contributed by atoms with E-state index in [2.05, 4.69) is 15.5 Å². The number of carbonyl (C=O) groups is 1. The molecule has 0 atom stereocenters. The van der Waals surface area contributed by atoms with Crippen LogP contribution < -0.4 is 5.32 Å². The largest absolute Gasteiger partial charge is 0.305 e. The van der Waals surface area contributed by atoms with Crippen molar-refractivity contribution in [2.75, 3.05) is 18.4 Å². The van der Waals surface area contributed by atoms with Crippen LogP contribution >= 0.6 is 11.6 Å². The minimum atomic E-state index is -3.76. The summed E-state index contributed by atoms with van der Waals surface area (Å²) in [6.07, 6.45) is 3.68. The van der Waals surface area contributed by atoms with E-state index in [0.717, 1.165) is 31.4 Å². The third-order valence-corrected chi connectivity index (χ3v) is 7.38. The number of nitrogens with one attached hydrogen (secondary N) is 2. The standard InChI is InChI=1S/C20H27ClN4O3S/c1-20(2,3)17-13-18(24-23-17)22-19(26)14-8-9-15(21)16(12-14)29(27,28)25-10-6-4-5-7-11-25/h8-9,12-13H,4-7,10-11H2,1-3H3,(H2,22,23,24,26). The molecule has 29 heavy (non-hydrogen) atoms. The van der Waals surface area contributed by atoms with Crippen molar-refractivity contribution >= 4 is 33.3 Å². The van der Waals surface area contributed by atoms with Crippen LogP contribution in [0, 0.1) is 0 Å². The van der Waals surface area contributed by atoms with E-state index < -0.39 is 15.9 Å². The van der Waals surface area contributed by atoms with E-state index in [9.17, 15) is 13.2 Å². The van der Waals surface area contributed by atoms with Gasteiger partial charge in [0, 0.05) is 35.8 Å². The van der Waals surface area contributed by atoms with Gasteiger partial charge in [-0.1, -0.05) is 45.2 Å². The number of anilines is 1. The average molecular weight is 439 g/mol. The summed E-state index contributed by atoms with van der Waals surface area (Å²) in [5.41, 5.74) is 0.960. The summed E-state index contributed by atoms with van der Waals surface area (Å²) in [4.78, 5) is 12.6. The van der Waals surface area contributed by atoms with E-state index >= 15 is 0 Å². The molecule has 0 aliphatic carbocycles. The molecule has 2 heterocycles. The Morgan fingerprint density at radius 1 is 1.14 bits per heavy atom. The lowest BCUT2D eigenvalue weighted by Gasteiger charge is -2.21. The van der Waals surface area contributed by atoms with Crippen LogP contribution in [0.2, 0.25) is 5.02 Å². The van der Waals surface area contributed by atoms with Crippen LogP contribution in [0.4, 0.5) is 5.82 Å². The topological polar surface area (TPSA) is 95.2 Å². The zero-order valence-electron chi connectivity index (χ0n) is 17.0. The molecular weight excluding hydrogens is 412 g/mol. The number of aromatic amines is 1. The van der Waals surface area contributed by atoms with Gasteiger partial charge in [-0.2, -0.15) is 9.40 Å². The highest BCUT2D eigenvalue weighted by Gasteiger charge is 2.28. The Labute approximate surface area is 176 Å². The van der Waals surface area contributed by atoms with Crippen LogP contribution in [-0.4, -0.2) is 41.9 Å². The Balaban J connectivity index is 1.84. The highest BCUT2D eigenvalue weighted by atomic mass is 35.5. The highest BCUT2D eigenvalue weighted by Crippen LogP contribution is 2.28.